The Morgan fingerprint density at radius 1 is 1.05 bits per heavy atom. The summed E-state index contributed by atoms with van der Waals surface area (Å²) in [6, 6.07) is 9.89. The van der Waals surface area contributed by atoms with Crippen LogP contribution >= 0.6 is 0 Å². The smallest absolute Gasteiger partial charge is 0.321 e. The summed E-state index contributed by atoms with van der Waals surface area (Å²) in [6.45, 7) is 1.61. The highest BCUT2D eigenvalue weighted by Crippen LogP contribution is 2.30. The topological polar surface area (TPSA) is 74.6 Å². The van der Waals surface area contributed by atoms with E-state index in [9.17, 15) is 9.59 Å². The van der Waals surface area contributed by atoms with E-state index in [0.717, 1.165) is 12.8 Å². The summed E-state index contributed by atoms with van der Waals surface area (Å²) in [5, 5.41) is 18.3. The normalized spacial score (nSPS) is 11.2. The maximum absolute atomic E-state index is 11.2. The molecule has 1 rings (SSSR count). The van der Waals surface area contributed by atoms with E-state index in [2.05, 4.69) is 0 Å². The highest BCUT2D eigenvalue weighted by Gasteiger charge is 2.44. The molecule has 0 amide bonds. The average Bonchev–Trinajstić information content (AvgIpc) is 2.39. The van der Waals surface area contributed by atoms with Gasteiger partial charge in [0.2, 0.25) is 0 Å². The number of carboxylic acids is 2. The van der Waals surface area contributed by atoms with Gasteiger partial charge in [-0.15, -0.1) is 0 Å². The van der Waals surface area contributed by atoms with E-state index in [4.69, 9.17) is 10.2 Å². The molecule has 0 aliphatic rings. The van der Waals surface area contributed by atoms with Crippen molar-refractivity contribution in [2.24, 2.45) is 5.41 Å². The Bertz CT molecular complexity index is 411. The molecule has 1 aromatic rings. The molecule has 0 fully saturated rings. The lowest BCUT2D eigenvalue weighted by atomic mass is 9.80. The lowest BCUT2D eigenvalue weighted by Gasteiger charge is -2.22. The van der Waals surface area contributed by atoms with Crippen molar-refractivity contribution in [1.82, 2.24) is 0 Å². The number of carbonyl (C=O) groups is 2. The first kappa shape index (κ1) is 15.2. The van der Waals surface area contributed by atoms with E-state index in [1.54, 1.807) is 6.92 Å². The fourth-order valence-electron chi connectivity index (χ4n) is 2.19. The summed E-state index contributed by atoms with van der Waals surface area (Å²) in [6.07, 6.45) is 2.54. The van der Waals surface area contributed by atoms with Gasteiger partial charge in [-0.3, -0.25) is 9.59 Å². The Hall–Kier alpha value is -1.84. The van der Waals surface area contributed by atoms with Crippen LogP contribution in [0.25, 0.3) is 0 Å². The molecule has 0 heterocycles. The van der Waals surface area contributed by atoms with Crippen LogP contribution in [-0.4, -0.2) is 22.2 Å². The van der Waals surface area contributed by atoms with Crippen molar-refractivity contribution in [2.45, 2.75) is 39.0 Å². The first-order chi connectivity index (χ1) is 9.03. The molecule has 1 aromatic carbocycles. The van der Waals surface area contributed by atoms with Gasteiger partial charge in [0.05, 0.1) is 0 Å². The van der Waals surface area contributed by atoms with E-state index in [1.807, 2.05) is 30.3 Å². The molecule has 0 bridgehead atoms. The lowest BCUT2D eigenvalue weighted by molar-refractivity contribution is -0.165. The molecule has 4 nitrogen and oxygen atoms in total. The molecule has 0 radical (unpaired) electrons. The maximum atomic E-state index is 11.2. The molecule has 0 atom stereocenters. The standard InChI is InChI=1S/C15H20O4/c1-2-15(13(16)17,14(18)19)11-7-6-10-12-8-4-3-5-9-12/h3-5,8-9H,2,6-7,10-11H2,1H3,(H,16,17)(H,18,19). The molecule has 19 heavy (non-hydrogen) atoms. The zero-order valence-corrected chi connectivity index (χ0v) is 11.1. The number of hydrogen-bond acceptors (Lipinski definition) is 2. The molecule has 104 valence electrons. The summed E-state index contributed by atoms with van der Waals surface area (Å²) in [5.41, 5.74) is -0.438. The number of unbranched alkanes of at least 4 members (excludes halogenated alkanes) is 1. The van der Waals surface area contributed by atoms with Gasteiger partial charge in [-0.1, -0.05) is 43.7 Å². The molecule has 0 spiro atoms. The fourth-order valence-corrected chi connectivity index (χ4v) is 2.19. The molecule has 0 unspecified atom stereocenters. The van der Waals surface area contributed by atoms with Gasteiger partial charge >= 0.3 is 11.9 Å². The minimum atomic E-state index is -1.63. The van der Waals surface area contributed by atoms with Gasteiger partial charge in [0.1, 0.15) is 0 Å². The van der Waals surface area contributed by atoms with Crippen LogP contribution in [0.2, 0.25) is 0 Å². The quantitative estimate of drug-likeness (QED) is 0.559. The lowest BCUT2D eigenvalue weighted by Crippen LogP contribution is -2.38. The third-order valence-corrected chi connectivity index (χ3v) is 3.58. The number of rotatable bonds is 8. The average molecular weight is 264 g/mol. The highest BCUT2D eigenvalue weighted by molar-refractivity contribution is 5.98. The largest absolute Gasteiger partial charge is 0.480 e. The van der Waals surface area contributed by atoms with Crippen LogP contribution in [-0.2, 0) is 16.0 Å². The van der Waals surface area contributed by atoms with Crippen molar-refractivity contribution in [2.75, 3.05) is 0 Å². The van der Waals surface area contributed by atoms with E-state index < -0.39 is 17.4 Å². The van der Waals surface area contributed by atoms with Crippen molar-refractivity contribution in [1.29, 1.82) is 0 Å². The van der Waals surface area contributed by atoms with Gasteiger partial charge in [-0.2, -0.15) is 0 Å². The summed E-state index contributed by atoms with van der Waals surface area (Å²) < 4.78 is 0. The predicted octanol–water partition coefficient (Wildman–Crippen LogP) is 2.96. The van der Waals surface area contributed by atoms with E-state index >= 15 is 0 Å². The van der Waals surface area contributed by atoms with Gasteiger partial charge in [0.25, 0.3) is 0 Å². The Morgan fingerprint density at radius 2 is 1.63 bits per heavy atom. The minimum Gasteiger partial charge on any atom is -0.480 e. The van der Waals surface area contributed by atoms with Crippen LogP contribution in [0.15, 0.2) is 30.3 Å². The van der Waals surface area contributed by atoms with E-state index in [0.29, 0.717) is 6.42 Å². The first-order valence-corrected chi connectivity index (χ1v) is 6.53. The SMILES string of the molecule is CCC(CCCCc1ccccc1)(C(=O)O)C(=O)O. The predicted molar refractivity (Wildman–Crippen MR) is 72.0 cm³/mol. The van der Waals surface area contributed by atoms with Crippen LogP contribution in [0.1, 0.15) is 38.2 Å². The van der Waals surface area contributed by atoms with E-state index in [-0.39, 0.29) is 12.8 Å². The van der Waals surface area contributed by atoms with Crippen LogP contribution in [0.3, 0.4) is 0 Å². The second-order valence-corrected chi connectivity index (χ2v) is 4.74. The molecule has 0 aliphatic heterocycles. The third kappa shape index (κ3) is 3.81. The second kappa shape index (κ2) is 6.92. The molecule has 4 heteroatoms. The minimum absolute atomic E-state index is 0.114. The molecule has 2 N–H and O–H groups in total. The van der Waals surface area contributed by atoms with Gasteiger partial charge in [0, 0.05) is 0 Å². The Kier molecular flexibility index (Phi) is 5.55. The first-order valence-electron chi connectivity index (χ1n) is 6.53. The molecule has 0 saturated carbocycles. The monoisotopic (exact) mass is 264 g/mol. The molecule has 0 saturated heterocycles. The summed E-state index contributed by atoms with van der Waals surface area (Å²) >= 11 is 0. The van der Waals surface area contributed by atoms with Crippen molar-refractivity contribution in [3.63, 3.8) is 0 Å². The van der Waals surface area contributed by atoms with Crippen LogP contribution in [0.5, 0.6) is 0 Å². The van der Waals surface area contributed by atoms with Gasteiger partial charge in [-0.05, 0) is 31.2 Å². The van der Waals surface area contributed by atoms with E-state index in [1.165, 1.54) is 5.56 Å². The molecule has 0 aliphatic carbocycles. The molecular formula is C15H20O4. The summed E-state index contributed by atoms with van der Waals surface area (Å²) in [5.74, 6) is -2.47. The van der Waals surface area contributed by atoms with Crippen LogP contribution < -0.4 is 0 Å². The Balaban J connectivity index is 2.50. The highest BCUT2D eigenvalue weighted by atomic mass is 16.4. The number of benzene rings is 1. The van der Waals surface area contributed by atoms with Gasteiger partial charge in [0.15, 0.2) is 5.41 Å². The van der Waals surface area contributed by atoms with Gasteiger partial charge in [-0.25, -0.2) is 0 Å². The van der Waals surface area contributed by atoms with Crippen molar-refractivity contribution in [3.05, 3.63) is 35.9 Å². The van der Waals surface area contributed by atoms with Crippen LogP contribution in [0, 0.1) is 5.41 Å². The molecular weight excluding hydrogens is 244 g/mol. The number of carboxylic acid groups (broad SMARTS) is 2. The maximum Gasteiger partial charge on any atom is 0.321 e. The van der Waals surface area contributed by atoms with Crippen molar-refractivity contribution >= 4 is 11.9 Å². The number of hydrogen-bond donors (Lipinski definition) is 2. The molecule has 0 aromatic heterocycles. The van der Waals surface area contributed by atoms with Gasteiger partial charge < -0.3 is 10.2 Å². The number of aliphatic carboxylic acids is 2. The second-order valence-electron chi connectivity index (χ2n) is 4.74. The van der Waals surface area contributed by atoms with Crippen molar-refractivity contribution in [3.8, 4) is 0 Å². The Labute approximate surface area is 113 Å². The number of aryl methyl sites for hydroxylation is 1. The third-order valence-electron chi connectivity index (χ3n) is 3.58. The summed E-state index contributed by atoms with van der Waals surface area (Å²) in [7, 11) is 0. The fraction of sp³-hybridized carbons (Fsp3) is 0.467. The summed E-state index contributed by atoms with van der Waals surface area (Å²) in [4.78, 5) is 22.4. The Morgan fingerprint density at radius 3 is 2.11 bits per heavy atom. The zero-order chi connectivity index (χ0) is 14.3. The zero-order valence-electron chi connectivity index (χ0n) is 11.1. The van der Waals surface area contributed by atoms with Crippen molar-refractivity contribution < 1.29 is 19.8 Å². The van der Waals surface area contributed by atoms with Crippen LogP contribution in [0.4, 0.5) is 0 Å².